The zero-order valence-corrected chi connectivity index (χ0v) is 13.0. The summed E-state index contributed by atoms with van der Waals surface area (Å²) in [6.07, 6.45) is 0. The van der Waals surface area contributed by atoms with Gasteiger partial charge in [-0.25, -0.2) is 0 Å². The second-order valence-electron chi connectivity index (χ2n) is 4.33. The Bertz CT molecular complexity index is 816. The van der Waals surface area contributed by atoms with Crippen LogP contribution >= 0.6 is 27.5 Å². The third-order valence-electron chi connectivity index (χ3n) is 2.95. The fraction of sp³-hybridized carbons (Fsp3) is 0. The summed E-state index contributed by atoms with van der Waals surface area (Å²) in [5, 5.41) is 12.3. The van der Waals surface area contributed by atoms with Crippen LogP contribution in [0.25, 0.3) is 17.1 Å². The summed E-state index contributed by atoms with van der Waals surface area (Å²) < 4.78 is 2.27. The maximum Gasteiger partial charge on any atom is 0.189 e. The van der Waals surface area contributed by atoms with Gasteiger partial charge in [0.25, 0.3) is 0 Å². The molecule has 8 heteroatoms. The van der Waals surface area contributed by atoms with Crippen LogP contribution in [0.4, 0.5) is 11.4 Å². The lowest BCUT2D eigenvalue weighted by Gasteiger charge is -2.09. The van der Waals surface area contributed by atoms with Gasteiger partial charge in [0.05, 0.1) is 15.2 Å². The largest absolute Gasteiger partial charge is 0.399 e. The van der Waals surface area contributed by atoms with Gasteiger partial charge in [0.2, 0.25) is 0 Å². The van der Waals surface area contributed by atoms with E-state index < -0.39 is 0 Å². The van der Waals surface area contributed by atoms with Crippen LogP contribution < -0.4 is 11.5 Å². The predicted octanol–water partition coefficient (Wildman–Crippen LogP) is 2.91. The van der Waals surface area contributed by atoms with Crippen LogP contribution in [0, 0.1) is 0 Å². The Kier molecular flexibility index (Phi) is 3.52. The maximum absolute atomic E-state index is 6.11. The van der Waals surface area contributed by atoms with Gasteiger partial charge in [0.1, 0.15) is 0 Å². The SMILES string of the molecule is Nc1ccc(-c2nnnn2-c2cccc(Cl)c2Br)c(N)c1. The van der Waals surface area contributed by atoms with Crippen molar-refractivity contribution in [1.82, 2.24) is 20.2 Å². The molecule has 0 radical (unpaired) electrons. The van der Waals surface area contributed by atoms with E-state index in [0.29, 0.717) is 32.3 Å². The molecule has 3 rings (SSSR count). The third kappa shape index (κ3) is 2.45. The quantitative estimate of drug-likeness (QED) is 0.681. The Morgan fingerprint density at radius 3 is 2.71 bits per heavy atom. The highest BCUT2D eigenvalue weighted by molar-refractivity contribution is 9.10. The summed E-state index contributed by atoms with van der Waals surface area (Å²) in [7, 11) is 0. The molecule has 0 bridgehead atoms. The van der Waals surface area contributed by atoms with E-state index in [1.54, 1.807) is 28.9 Å². The lowest BCUT2D eigenvalue weighted by Crippen LogP contribution is -2.03. The number of nitrogen functional groups attached to an aromatic ring is 2. The lowest BCUT2D eigenvalue weighted by molar-refractivity contribution is 0.789. The van der Waals surface area contributed by atoms with Crippen LogP contribution in [-0.2, 0) is 0 Å². The van der Waals surface area contributed by atoms with E-state index in [-0.39, 0.29) is 0 Å². The van der Waals surface area contributed by atoms with E-state index >= 15 is 0 Å². The van der Waals surface area contributed by atoms with Gasteiger partial charge >= 0.3 is 0 Å². The molecule has 0 atom stereocenters. The first-order valence-corrected chi connectivity index (χ1v) is 7.13. The van der Waals surface area contributed by atoms with Crippen LogP contribution in [0.1, 0.15) is 0 Å². The average Bonchev–Trinajstić information content (AvgIpc) is 2.91. The van der Waals surface area contributed by atoms with Crippen molar-refractivity contribution >= 4 is 38.9 Å². The highest BCUT2D eigenvalue weighted by atomic mass is 79.9. The first kappa shape index (κ1) is 13.8. The average molecular weight is 366 g/mol. The highest BCUT2D eigenvalue weighted by Gasteiger charge is 2.16. The van der Waals surface area contributed by atoms with Gasteiger partial charge in [0.15, 0.2) is 5.82 Å². The molecule has 0 unspecified atom stereocenters. The molecule has 21 heavy (non-hydrogen) atoms. The van der Waals surface area contributed by atoms with Crippen LogP contribution in [0.3, 0.4) is 0 Å². The molecule has 0 amide bonds. The topological polar surface area (TPSA) is 95.6 Å². The van der Waals surface area contributed by atoms with Crippen LogP contribution in [0.2, 0.25) is 5.02 Å². The molecule has 106 valence electrons. The second-order valence-corrected chi connectivity index (χ2v) is 5.53. The highest BCUT2D eigenvalue weighted by Crippen LogP contribution is 2.32. The molecule has 2 aromatic carbocycles. The van der Waals surface area contributed by atoms with Gasteiger partial charge in [-0.15, -0.1) is 5.10 Å². The number of tetrazole rings is 1. The van der Waals surface area contributed by atoms with Gasteiger partial charge < -0.3 is 11.5 Å². The molecule has 6 nitrogen and oxygen atoms in total. The molecule has 0 spiro atoms. The van der Waals surface area contributed by atoms with E-state index in [1.807, 2.05) is 12.1 Å². The molecule has 0 fully saturated rings. The molecule has 0 saturated heterocycles. The molecule has 0 aliphatic heterocycles. The van der Waals surface area contributed by atoms with Crippen molar-refractivity contribution < 1.29 is 0 Å². The van der Waals surface area contributed by atoms with Gasteiger partial charge in [-0.05, 0) is 56.7 Å². The van der Waals surface area contributed by atoms with Crippen molar-refractivity contribution in [3.05, 3.63) is 45.9 Å². The monoisotopic (exact) mass is 364 g/mol. The number of hydrogen-bond acceptors (Lipinski definition) is 5. The smallest absolute Gasteiger partial charge is 0.189 e. The van der Waals surface area contributed by atoms with Crippen LogP contribution in [0.15, 0.2) is 40.9 Å². The number of nitrogens with two attached hydrogens (primary N) is 2. The van der Waals surface area contributed by atoms with E-state index in [4.69, 9.17) is 23.1 Å². The minimum absolute atomic E-state index is 0.504. The first-order valence-electron chi connectivity index (χ1n) is 5.96. The van der Waals surface area contributed by atoms with Gasteiger partial charge in [-0.3, -0.25) is 0 Å². The number of halogens is 2. The van der Waals surface area contributed by atoms with E-state index in [2.05, 4.69) is 31.5 Å². The summed E-state index contributed by atoms with van der Waals surface area (Å²) >= 11 is 9.55. The summed E-state index contributed by atoms with van der Waals surface area (Å²) in [6, 6.07) is 10.6. The van der Waals surface area contributed by atoms with Crippen molar-refractivity contribution in [2.24, 2.45) is 0 Å². The van der Waals surface area contributed by atoms with Gasteiger partial charge in [0, 0.05) is 16.9 Å². The Morgan fingerprint density at radius 2 is 1.95 bits per heavy atom. The normalized spacial score (nSPS) is 10.8. The number of benzene rings is 2. The lowest BCUT2D eigenvalue weighted by atomic mass is 10.1. The van der Waals surface area contributed by atoms with Crippen molar-refractivity contribution in [2.45, 2.75) is 0 Å². The molecule has 0 saturated carbocycles. The molecular weight excluding hydrogens is 356 g/mol. The third-order valence-corrected chi connectivity index (χ3v) is 4.32. The Morgan fingerprint density at radius 1 is 1.14 bits per heavy atom. The first-order chi connectivity index (χ1) is 10.1. The number of rotatable bonds is 2. The summed E-state index contributed by atoms with van der Waals surface area (Å²) in [4.78, 5) is 0. The Labute approximate surface area is 133 Å². The Balaban J connectivity index is 2.20. The van der Waals surface area contributed by atoms with Gasteiger partial charge in [-0.1, -0.05) is 17.7 Å². The minimum atomic E-state index is 0.504. The number of nitrogens with zero attached hydrogens (tertiary/aromatic N) is 4. The summed E-state index contributed by atoms with van der Waals surface area (Å²) in [5.41, 5.74) is 14.2. The predicted molar refractivity (Wildman–Crippen MR) is 86.1 cm³/mol. The van der Waals surface area contributed by atoms with Crippen molar-refractivity contribution in [1.29, 1.82) is 0 Å². The molecule has 1 aromatic heterocycles. The van der Waals surface area contributed by atoms with Crippen molar-refractivity contribution in [3.8, 4) is 17.1 Å². The van der Waals surface area contributed by atoms with Gasteiger partial charge in [-0.2, -0.15) is 4.68 Å². The van der Waals surface area contributed by atoms with Crippen LogP contribution in [0.5, 0.6) is 0 Å². The fourth-order valence-electron chi connectivity index (χ4n) is 1.96. The molecular formula is C13H10BrClN6. The summed E-state index contributed by atoms with van der Waals surface area (Å²) in [6.45, 7) is 0. The van der Waals surface area contributed by atoms with Crippen molar-refractivity contribution in [3.63, 3.8) is 0 Å². The zero-order chi connectivity index (χ0) is 15.0. The van der Waals surface area contributed by atoms with Crippen molar-refractivity contribution in [2.75, 3.05) is 11.5 Å². The number of hydrogen-bond donors (Lipinski definition) is 2. The molecule has 3 aromatic rings. The molecule has 1 heterocycles. The van der Waals surface area contributed by atoms with Crippen LogP contribution in [-0.4, -0.2) is 20.2 Å². The fourth-order valence-corrected chi connectivity index (χ4v) is 2.56. The van der Waals surface area contributed by atoms with E-state index in [1.165, 1.54) is 0 Å². The minimum Gasteiger partial charge on any atom is -0.399 e. The second kappa shape index (κ2) is 5.34. The summed E-state index contributed by atoms with van der Waals surface area (Å²) in [5.74, 6) is 0.510. The number of anilines is 2. The maximum atomic E-state index is 6.11. The number of aromatic nitrogens is 4. The Hall–Kier alpha value is -2.12. The zero-order valence-electron chi connectivity index (χ0n) is 10.7. The van der Waals surface area contributed by atoms with E-state index in [0.717, 1.165) is 5.69 Å². The standard InChI is InChI=1S/C13H10BrClN6/c14-12-9(15)2-1-3-11(12)21-13(18-19-20-21)8-5-4-7(16)6-10(8)17/h1-6H,16-17H2. The molecule has 4 N–H and O–H groups in total. The van der Waals surface area contributed by atoms with E-state index in [9.17, 15) is 0 Å². The molecule has 0 aliphatic carbocycles. The molecule has 0 aliphatic rings.